The maximum Gasteiger partial charge on any atom is 0.258 e. The lowest BCUT2D eigenvalue weighted by molar-refractivity contribution is -0.124. The summed E-state index contributed by atoms with van der Waals surface area (Å²) in [7, 11) is 1.60. The van der Waals surface area contributed by atoms with Crippen LogP contribution in [0, 0.1) is 0 Å². The number of hydrogen-bond donors (Lipinski definition) is 2. The first kappa shape index (κ1) is 27.8. The minimum Gasteiger partial charge on any atom is -0.493 e. The largest absolute Gasteiger partial charge is 0.493 e. The number of morpholine rings is 1. The molecule has 7 nitrogen and oxygen atoms in total. The van der Waals surface area contributed by atoms with Gasteiger partial charge in [-0.2, -0.15) is 0 Å². The summed E-state index contributed by atoms with van der Waals surface area (Å²) in [6.45, 7) is 12.1. The van der Waals surface area contributed by atoms with Gasteiger partial charge in [-0.05, 0) is 38.5 Å². The summed E-state index contributed by atoms with van der Waals surface area (Å²) in [5.41, 5.74) is 0.835. The number of methoxy groups -OCH3 is 1. The lowest BCUT2D eigenvalue weighted by Gasteiger charge is -2.26. The van der Waals surface area contributed by atoms with Crippen molar-refractivity contribution in [3.05, 3.63) is 23.8 Å². The van der Waals surface area contributed by atoms with E-state index in [9.17, 15) is 4.79 Å². The first-order valence-electron chi connectivity index (χ1n) is 9.49. The van der Waals surface area contributed by atoms with Crippen LogP contribution in [0.5, 0.6) is 11.5 Å². The molecule has 1 aromatic carbocycles. The van der Waals surface area contributed by atoms with Crippen molar-refractivity contribution in [2.45, 2.75) is 32.9 Å². The van der Waals surface area contributed by atoms with E-state index in [-0.39, 0.29) is 42.9 Å². The molecule has 0 aromatic heterocycles. The molecule has 0 bridgehead atoms. The van der Waals surface area contributed by atoms with E-state index in [4.69, 9.17) is 14.2 Å². The number of carbonyl (C=O) groups is 1. The van der Waals surface area contributed by atoms with E-state index in [1.165, 1.54) is 0 Å². The molecule has 9 heteroatoms. The van der Waals surface area contributed by atoms with E-state index in [0.29, 0.717) is 11.5 Å². The van der Waals surface area contributed by atoms with Crippen molar-refractivity contribution in [2.75, 3.05) is 53.1 Å². The SMILES string of the molecule is COc1cc(CNCCN2CCOCC2)ccc1OCC(=O)NC(C)(C)C.Cl.Cl. The van der Waals surface area contributed by atoms with Crippen molar-refractivity contribution < 1.29 is 19.0 Å². The Bertz CT molecular complexity index is 606. The van der Waals surface area contributed by atoms with Gasteiger partial charge in [-0.1, -0.05) is 6.07 Å². The summed E-state index contributed by atoms with van der Waals surface area (Å²) in [6, 6.07) is 5.78. The van der Waals surface area contributed by atoms with Crippen LogP contribution in [0.2, 0.25) is 0 Å². The topological polar surface area (TPSA) is 72.1 Å². The molecule has 0 unspecified atom stereocenters. The van der Waals surface area contributed by atoms with Gasteiger partial charge in [0.05, 0.1) is 20.3 Å². The van der Waals surface area contributed by atoms with E-state index >= 15 is 0 Å². The molecular weight excluding hydrogens is 417 g/mol. The Labute approximate surface area is 186 Å². The summed E-state index contributed by atoms with van der Waals surface area (Å²) in [5.74, 6) is 1.04. The average Bonchev–Trinajstić information content (AvgIpc) is 2.63. The third kappa shape index (κ3) is 10.9. The van der Waals surface area contributed by atoms with Crippen LogP contribution >= 0.6 is 24.8 Å². The molecular formula is C20H35Cl2N3O4. The molecule has 0 spiro atoms. The zero-order valence-corrected chi connectivity index (χ0v) is 19.4. The molecule has 29 heavy (non-hydrogen) atoms. The van der Waals surface area contributed by atoms with E-state index in [1.807, 2.05) is 39.0 Å². The number of nitrogens with one attached hydrogen (secondary N) is 2. The first-order valence-corrected chi connectivity index (χ1v) is 9.49. The highest BCUT2D eigenvalue weighted by Crippen LogP contribution is 2.28. The summed E-state index contributed by atoms with van der Waals surface area (Å²) in [5, 5.41) is 6.33. The van der Waals surface area contributed by atoms with Gasteiger partial charge in [0, 0.05) is 38.3 Å². The molecule has 1 saturated heterocycles. The number of rotatable bonds is 9. The van der Waals surface area contributed by atoms with Crippen molar-refractivity contribution in [1.82, 2.24) is 15.5 Å². The molecule has 0 radical (unpaired) electrons. The van der Waals surface area contributed by atoms with Gasteiger partial charge in [0.15, 0.2) is 18.1 Å². The molecule has 0 saturated carbocycles. The normalized spacial score (nSPS) is 14.3. The van der Waals surface area contributed by atoms with Crippen molar-refractivity contribution >= 4 is 30.7 Å². The maximum atomic E-state index is 11.9. The Morgan fingerprint density at radius 1 is 1.17 bits per heavy atom. The fourth-order valence-electron chi connectivity index (χ4n) is 2.83. The molecule has 1 aromatic rings. The van der Waals surface area contributed by atoms with Crippen molar-refractivity contribution in [2.24, 2.45) is 0 Å². The van der Waals surface area contributed by atoms with Crippen molar-refractivity contribution in [3.8, 4) is 11.5 Å². The molecule has 1 aliphatic heterocycles. The number of nitrogens with zero attached hydrogens (tertiary/aromatic N) is 1. The van der Waals surface area contributed by atoms with E-state index in [1.54, 1.807) is 7.11 Å². The Kier molecular flexibility index (Phi) is 13.3. The second-order valence-corrected chi connectivity index (χ2v) is 7.70. The highest BCUT2D eigenvalue weighted by molar-refractivity contribution is 5.85. The van der Waals surface area contributed by atoms with Crippen LogP contribution in [-0.2, 0) is 16.1 Å². The third-order valence-electron chi connectivity index (χ3n) is 4.14. The lowest BCUT2D eigenvalue weighted by atomic mass is 10.1. The van der Waals surface area contributed by atoms with Crippen LogP contribution in [0.15, 0.2) is 18.2 Å². The molecule has 2 N–H and O–H groups in total. The van der Waals surface area contributed by atoms with Crippen LogP contribution in [0.25, 0.3) is 0 Å². The van der Waals surface area contributed by atoms with Gasteiger partial charge >= 0.3 is 0 Å². The molecule has 1 fully saturated rings. The minimum absolute atomic E-state index is 0. The van der Waals surface area contributed by atoms with Crippen LogP contribution in [0.4, 0.5) is 0 Å². The van der Waals surface area contributed by atoms with Gasteiger partial charge in [0.1, 0.15) is 0 Å². The van der Waals surface area contributed by atoms with Gasteiger partial charge in [-0.25, -0.2) is 0 Å². The molecule has 1 heterocycles. The fraction of sp³-hybridized carbons (Fsp3) is 0.650. The molecule has 2 rings (SSSR count). The van der Waals surface area contributed by atoms with Crippen molar-refractivity contribution in [3.63, 3.8) is 0 Å². The molecule has 0 atom stereocenters. The van der Waals surface area contributed by atoms with Crippen LogP contribution < -0.4 is 20.1 Å². The standard InChI is InChI=1S/C20H33N3O4.2ClH/c1-20(2,3)22-19(24)15-27-17-6-5-16(13-18(17)25-4)14-21-7-8-23-9-11-26-12-10-23;;/h5-6,13,21H,7-12,14-15H2,1-4H3,(H,22,24);2*1H. The van der Waals surface area contributed by atoms with Crippen molar-refractivity contribution in [1.29, 1.82) is 0 Å². The average molecular weight is 452 g/mol. The Balaban J connectivity index is 0.00000392. The summed E-state index contributed by atoms with van der Waals surface area (Å²) in [4.78, 5) is 14.3. The second kappa shape index (κ2) is 13.9. The van der Waals surface area contributed by atoms with E-state index in [2.05, 4.69) is 15.5 Å². The van der Waals surface area contributed by atoms with Gasteiger partial charge < -0.3 is 24.8 Å². The second-order valence-electron chi connectivity index (χ2n) is 7.70. The summed E-state index contributed by atoms with van der Waals surface area (Å²) < 4.78 is 16.4. The number of benzene rings is 1. The maximum absolute atomic E-state index is 11.9. The molecule has 168 valence electrons. The fourth-order valence-corrected chi connectivity index (χ4v) is 2.83. The zero-order valence-electron chi connectivity index (χ0n) is 17.8. The predicted molar refractivity (Wildman–Crippen MR) is 120 cm³/mol. The number of halogens is 2. The highest BCUT2D eigenvalue weighted by atomic mass is 35.5. The summed E-state index contributed by atoms with van der Waals surface area (Å²) >= 11 is 0. The Morgan fingerprint density at radius 2 is 1.86 bits per heavy atom. The van der Waals surface area contributed by atoms with Crippen LogP contribution in [-0.4, -0.2) is 69.5 Å². The van der Waals surface area contributed by atoms with E-state index in [0.717, 1.165) is 51.5 Å². The van der Waals surface area contributed by atoms with Gasteiger partial charge in [-0.15, -0.1) is 24.8 Å². The van der Waals surface area contributed by atoms with Crippen LogP contribution in [0.1, 0.15) is 26.3 Å². The zero-order chi connectivity index (χ0) is 19.7. The lowest BCUT2D eigenvalue weighted by Crippen LogP contribution is -2.43. The molecule has 1 amide bonds. The number of hydrogen-bond acceptors (Lipinski definition) is 6. The molecule has 1 aliphatic rings. The monoisotopic (exact) mass is 451 g/mol. The molecule has 0 aliphatic carbocycles. The van der Waals surface area contributed by atoms with E-state index < -0.39 is 0 Å². The first-order chi connectivity index (χ1) is 12.9. The minimum atomic E-state index is -0.277. The predicted octanol–water partition coefficient (Wildman–Crippen LogP) is 2.25. The quantitative estimate of drug-likeness (QED) is 0.561. The van der Waals surface area contributed by atoms with Gasteiger partial charge in [-0.3, -0.25) is 9.69 Å². The number of carbonyl (C=O) groups excluding carboxylic acids is 1. The van der Waals surface area contributed by atoms with Gasteiger partial charge in [0.25, 0.3) is 5.91 Å². The Morgan fingerprint density at radius 3 is 2.48 bits per heavy atom. The number of amides is 1. The van der Waals surface area contributed by atoms with Crippen LogP contribution in [0.3, 0.4) is 0 Å². The number of ether oxygens (including phenoxy) is 3. The van der Waals surface area contributed by atoms with Gasteiger partial charge in [0.2, 0.25) is 0 Å². The Hall–Kier alpha value is -1.25. The third-order valence-corrected chi connectivity index (χ3v) is 4.14. The smallest absolute Gasteiger partial charge is 0.258 e. The summed E-state index contributed by atoms with van der Waals surface area (Å²) in [6.07, 6.45) is 0. The highest BCUT2D eigenvalue weighted by Gasteiger charge is 2.15.